The van der Waals surface area contributed by atoms with Crippen molar-refractivity contribution in [2.75, 3.05) is 0 Å². The highest BCUT2D eigenvalue weighted by Crippen LogP contribution is 2.29. The van der Waals surface area contributed by atoms with Crippen LogP contribution in [0, 0.1) is 34.6 Å². The van der Waals surface area contributed by atoms with Gasteiger partial charge < -0.3 is 0 Å². The molecule has 0 radical (unpaired) electrons. The van der Waals surface area contributed by atoms with Gasteiger partial charge in [-0.25, -0.2) is 0 Å². The predicted octanol–water partition coefficient (Wildman–Crippen LogP) is 19.2. The van der Waals surface area contributed by atoms with Gasteiger partial charge in [-0.2, -0.15) is 0 Å². The first-order valence-corrected chi connectivity index (χ1v) is 23.3. The van der Waals surface area contributed by atoms with Crippen LogP contribution in [0.1, 0.15) is 27.8 Å². The van der Waals surface area contributed by atoms with Gasteiger partial charge in [0.25, 0.3) is 0 Å². The third kappa shape index (κ3) is 10.4. The van der Waals surface area contributed by atoms with E-state index in [1.807, 2.05) is 0 Å². The molecular formula is C67H56. The Morgan fingerprint density at radius 3 is 1.13 bits per heavy atom. The molecule has 0 spiro atoms. The number of hydrogen-bond acceptors (Lipinski definition) is 0. The Balaban J connectivity index is 0.000000106. The average Bonchev–Trinajstić information content (AvgIpc) is 3.36. The second kappa shape index (κ2) is 20.4. The molecular weight excluding hydrogens is 805 g/mol. The fourth-order valence-electron chi connectivity index (χ4n) is 9.12. The molecule has 0 nitrogen and oxygen atoms in total. The van der Waals surface area contributed by atoms with Gasteiger partial charge in [-0.1, -0.05) is 236 Å². The van der Waals surface area contributed by atoms with Crippen molar-refractivity contribution in [1.29, 1.82) is 0 Å². The first kappa shape index (κ1) is 44.2. The predicted molar refractivity (Wildman–Crippen MR) is 296 cm³/mol. The summed E-state index contributed by atoms with van der Waals surface area (Å²) in [6, 6.07) is 88.3. The molecule has 324 valence electrons. The van der Waals surface area contributed by atoms with E-state index in [1.54, 1.807) is 0 Å². The summed E-state index contributed by atoms with van der Waals surface area (Å²) >= 11 is 0. The van der Waals surface area contributed by atoms with E-state index in [9.17, 15) is 0 Å². The third-order valence-corrected chi connectivity index (χ3v) is 12.7. The number of aryl methyl sites for hydroxylation is 5. The Kier molecular flexibility index (Phi) is 13.5. The minimum absolute atomic E-state index is 1.31. The van der Waals surface area contributed by atoms with Crippen LogP contribution in [0.4, 0.5) is 0 Å². The Morgan fingerprint density at radius 2 is 0.522 bits per heavy atom. The second-order valence-corrected chi connectivity index (χ2v) is 17.7. The molecule has 0 saturated carbocycles. The maximum Gasteiger partial charge on any atom is -0.0103 e. The Labute approximate surface area is 395 Å². The molecule has 0 saturated heterocycles. The van der Waals surface area contributed by atoms with Gasteiger partial charge in [0, 0.05) is 0 Å². The van der Waals surface area contributed by atoms with Crippen LogP contribution in [0.15, 0.2) is 249 Å². The molecule has 0 aliphatic carbocycles. The molecule has 0 N–H and O–H groups in total. The number of benzene rings is 13. The number of rotatable bonds is 0. The van der Waals surface area contributed by atoms with Crippen LogP contribution in [-0.4, -0.2) is 0 Å². The number of hydrogen-bond donors (Lipinski definition) is 0. The van der Waals surface area contributed by atoms with E-state index in [1.165, 1.54) is 114 Å². The first-order chi connectivity index (χ1) is 32.8. The summed E-state index contributed by atoms with van der Waals surface area (Å²) in [4.78, 5) is 0. The van der Waals surface area contributed by atoms with Crippen LogP contribution in [-0.2, 0) is 0 Å². The monoisotopic (exact) mass is 860 g/mol. The molecule has 67 heavy (non-hydrogen) atoms. The van der Waals surface area contributed by atoms with Crippen molar-refractivity contribution in [3.8, 4) is 0 Å². The summed E-state index contributed by atoms with van der Waals surface area (Å²) in [6.07, 6.45) is 0. The van der Waals surface area contributed by atoms with Crippen LogP contribution in [0.3, 0.4) is 0 Å². The van der Waals surface area contributed by atoms with E-state index < -0.39 is 0 Å². The normalized spacial score (nSPS) is 10.8. The lowest BCUT2D eigenvalue weighted by atomic mass is 9.98. The van der Waals surface area contributed by atoms with Gasteiger partial charge in [0.1, 0.15) is 0 Å². The van der Waals surface area contributed by atoms with Crippen molar-refractivity contribution >= 4 is 86.2 Å². The van der Waals surface area contributed by atoms with Gasteiger partial charge in [-0.15, -0.1) is 0 Å². The lowest BCUT2D eigenvalue weighted by Crippen LogP contribution is -1.81. The van der Waals surface area contributed by atoms with E-state index in [2.05, 4.69) is 283 Å². The Bertz CT molecular complexity index is 3790. The minimum atomic E-state index is 1.31. The third-order valence-electron chi connectivity index (χ3n) is 12.7. The molecule has 13 aromatic carbocycles. The summed E-state index contributed by atoms with van der Waals surface area (Å²) < 4.78 is 0. The molecule has 13 rings (SSSR count). The van der Waals surface area contributed by atoms with Gasteiger partial charge in [0.05, 0.1) is 0 Å². The van der Waals surface area contributed by atoms with Crippen LogP contribution >= 0.6 is 0 Å². The maximum atomic E-state index is 2.28. The molecule has 0 bridgehead atoms. The molecule has 13 aromatic rings. The van der Waals surface area contributed by atoms with E-state index in [-0.39, 0.29) is 0 Å². The first-order valence-electron chi connectivity index (χ1n) is 23.3. The fraction of sp³-hybridized carbons (Fsp3) is 0.0746. The van der Waals surface area contributed by atoms with E-state index in [0.717, 1.165) is 0 Å². The molecule has 0 aliphatic rings. The summed E-state index contributed by atoms with van der Waals surface area (Å²) in [7, 11) is 0. The summed E-state index contributed by atoms with van der Waals surface area (Å²) in [5, 5.41) is 21.3. The van der Waals surface area contributed by atoms with Crippen LogP contribution in [0.5, 0.6) is 0 Å². The highest BCUT2D eigenvalue weighted by molar-refractivity contribution is 6.09. The van der Waals surface area contributed by atoms with Crippen molar-refractivity contribution in [2.45, 2.75) is 34.6 Å². The van der Waals surface area contributed by atoms with Crippen LogP contribution in [0.25, 0.3) is 86.2 Å². The molecule has 0 heteroatoms. The summed E-state index contributed by atoms with van der Waals surface area (Å²) in [5.41, 5.74) is 6.69. The van der Waals surface area contributed by atoms with Crippen molar-refractivity contribution in [2.24, 2.45) is 0 Å². The Hall–Kier alpha value is -8.06. The largest absolute Gasteiger partial charge is 0.0616 e. The van der Waals surface area contributed by atoms with Crippen molar-refractivity contribution < 1.29 is 0 Å². The van der Waals surface area contributed by atoms with Gasteiger partial charge >= 0.3 is 0 Å². The zero-order valence-corrected chi connectivity index (χ0v) is 39.2. The van der Waals surface area contributed by atoms with E-state index >= 15 is 0 Å². The molecule has 0 fully saturated rings. The van der Waals surface area contributed by atoms with Crippen molar-refractivity contribution in [1.82, 2.24) is 0 Å². The van der Waals surface area contributed by atoms with Gasteiger partial charge in [0.15, 0.2) is 0 Å². The molecule has 0 amide bonds. The summed E-state index contributed by atoms with van der Waals surface area (Å²) in [6.45, 7) is 10.7. The standard InChI is InChI=1S/3C15H12.2C11H10/c1-11-10-12-6-2-3-8-14(12)15-9-5-4-7-13(11)15;1-11-5-4-8-14-9-12-6-2-3-7-13(12)10-15(11)14;1-11-6-7-14-9-12-4-2-3-5-13(12)10-15(14)8-11;1-9-5-4-7-10-6-2-3-8-11(9)10;1-9-6-7-10-4-2-3-5-11(10)8-9/h3*2-10H,1H3;2*2-8H,1H3. The highest BCUT2D eigenvalue weighted by atomic mass is 14.1. The average molecular weight is 861 g/mol. The van der Waals surface area contributed by atoms with Crippen molar-refractivity contribution in [3.05, 3.63) is 277 Å². The van der Waals surface area contributed by atoms with Crippen LogP contribution < -0.4 is 0 Å². The van der Waals surface area contributed by atoms with Crippen molar-refractivity contribution in [3.63, 3.8) is 0 Å². The van der Waals surface area contributed by atoms with Crippen LogP contribution in [0.2, 0.25) is 0 Å². The lowest BCUT2D eigenvalue weighted by Gasteiger charge is -2.06. The van der Waals surface area contributed by atoms with E-state index in [0.29, 0.717) is 0 Å². The smallest absolute Gasteiger partial charge is 0.0103 e. The molecule has 0 atom stereocenters. The fourth-order valence-corrected chi connectivity index (χ4v) is 9.12. The zero-order valence-electron chi connectivity index (χ0n) is 39.2. The molecule has 0 aliphatic heterocycles. The Morgan fingerprint density at radius 1 is 0.164 bits per heavy atom. The molecule has 0 aromatic heterocycles. The molecule has 0 heterocycles. The van der Waals surface area contributed by atoms with Gasteiger partial charge in [0.2, 0.25) is 0 Å². The topological polar surface area (TPSA) is 0 Å². The minimum Gasteiger partial charge on any atom is -0.0616 e. The van der Waals surface area contributed by atoms with Gasteiger partial charge in [-0.05, 0) is 162 Å². The SMILES string of the molecule is Cc1cc2ccccc2c2ccccc12.Cc1ccc2cc3ccccc3cc2c1.Cc1ccc2ccccc2c1.Cc1cccc2cc3ccccc3cc12.Cc1cccc2ccccc12. The quantitative estimate of drug-likeness (QED) is 0.105. The van der Waals surface area contributed by atoms with Gasteiger partial charge in [-0.3, -0.25) is 0 Å². The number of fused-ring (bicyclic) bond motifs is 9. The highest BCUT2D eigenvalue weighted by Gasteiger charge is 2.03. The molecule has 0 unspecified atom stereocenters. The maximum absolute atomic E-state index is 2.28. The summed E-state index contributed by atoms with van der Waals surface area (Å²) in [5.74, 6) is 0. The van der Waals surface area contributed by atoms with E-state index in [4.69, 9.17) is 0 Å². The zero-order chi connectivity index (χ0) is 46.1. The second-order valence-electron chi connectivity index (χ2n) is 17.7. The lowest BCUT2D eigenvalue weighted by molar-refractivity contribution is 1.51.